The first-order chi connectivity index (χ1) is 7.86. The minimum atomic E-state index is -0.727. The molecule has 0 aliphatic rings. The molecule has 0 unspecified atom stereocenters. The van der Waals surface area contributed by atoms with Gasteiger partial charge in [0.1, 0.15) is 18.2 Å². The highest BCUT2D eigenvalue weighted by Gasteiger charge is 2.29. The Balaban J connectivity index is 2.70. The molecule has 0 saturated carbocycles. The highest BCUT2D eigenvalue weighted by molar-refractivity contribution is 5.75. The Hall–Kier alpha value is -1.58. The Morgan fingerprint density at radius 3 is 2.59 bits per heavy atom. The molecule has 0 aliphatic carbocycles. The summed E-state index contributed by atoms with van der Waals surface area (Å²) in [6.07, 6.45) is 0. The van der Waals surface area contributed by atoms with Crippen LogP contribution in [0.5, 0.6) is 5.75 Å². The summed E-state index contributed by atoms with van der Waals surface area (Å²) in [6, 6.07) is 4.27. The third kappa shape index (κ3) is 3.44. The number of methoxy groups -OCH3 is 1. The summed E-state index contributed by atoms with van der Waals surface area (Å²) < 4.78 is 23.1. The van der Waals surface area contributed by atoms with Crippen molar-refractivity contribution in [2.24, 2.45) is 5.41 Å². The molecule has 0 atom stereocenters. The van der Waals surface area contributed by atoms with Gasteiger partial charge in [-0.05, 0) is 44.5 Å². The first-order valence-electron chi connectivity index (χ1n) is 5.34. The van der Waals surface area contributed by atoms with Gasteiger partial charge in [-0.3, -0.25) is 4.79 Å². The minimum absolute atomic E-state index is 0.187. The third-order valence-corrected chi connectivity index (χ3v) is 2.46. The Labute approximate surface area is 101 Å². The van der Waals surface area contributed by atoms with Crippen LogP contribution in [0.3, 0.4) is 0 Å². The van der Waals surface area contributed by atoms with E-state index in [-0.39, 0.29) is 18.4 Å². The van der Waals surface area contributed by atoms with Crippen LogP contribution in [0.1, 0.15) is 19.4 Å². The number of carbonyl (C=O) groups is 1. The van der Waals surface area contributed by atoms with Crippen LogP contribution in [0.2, 0.25) is 0 Å². The molecule has 0 heterocycles. The van der Waals surface area contributed by atoms with Gasteiger partial charge in [-0.25, -0.2) is 4.39 Å². The van der Waals surface area contributed by atoms with Crippen LogP contribution in [-0.2, 0) is 9.53 Å². The molecular formula is C13H17FO3. The third-order valence-electron chi connectivity index (χ3n) is 2.46. The van der Waals surface area contributed by atoms with Crippen molar-refractivity contribution in [3.63, 3.8) is 0 Å². The second kappa shape index (κ2) is 5.17. The summed E-state index contributed by atoms with van der Waals surface area (Å²) >= 11 is 0. The average molecular weight is 240 g/mol. The molecular weight excluding hydrogens is 223 g/mol. The molecule has 17 heavy (non-hydrogen) atoms. The van der Waals surface area contributed by atoms with Crippen molar-refractivity contribution in [2.45, 2.75) is 20.8 Å². The van der Waals surface area contributed by atoms with E-state index >= 15 is 0 Å². The molecule has 94 valence electrons. The van der Waals surface area contributed by atoms with Crippen LogP contribution >= 0.6 is 0 Å². The highest BCUT2D eigenvalue weighted by Crippen LogP contribution is 2.23. The Morgan fingerprint density at radius 1 is 1.41 bits per heavy atom. The molecule has 0 saturated heterocycles. The van der Waals surface area contributed by atoms with E-state index in [0.29, 0.717) is 11.3 Å². The topological polar surface area (TPSA) is 35.5 Å². The second-order valence-electron chi connectivity index (χ2n) is 4.57. The van der Waals surface area contributed by atoms with Gasteiger partial charge in [0.05, 0.1) is 12.5 Å². The number of hydrogen-bond donors (Lipinski definition) is 0. The van der Waals surface area contributed by atoms with Crippen LogP contribution in [0.25, 0.3) is 0 Å². The number of esters is 1. The van der Waals surface area contributed by atoms with Crippen molar-refractivity contribution in [2.75, 3.05) is 13.7 Å². The fourth-order valence-corrected chi connectivity index (χ4v) is 1.37. The summed E-state index contributed by atoms with van der Waals surface area (Å²) in [7, 11) is 1.34. The van der Waals surface area contributed by atoms with E-state index < -0.39 is 5.41 Å². The molecule has 0 N–H and O–H groups in total. The Bertz CT molecular complexity index is 413. The molecule has 3 nitrogen and oxygen atoms in total. The maximum absolute atomic E-state index is 12.9. The first-order valence-corrected chi connectivity index (χ1v) is 5.34. The van der Waals surface area contributed by atoms with Crippen LogP contribution < -0.4 is 4.74 Å². The molecule has 0 spiro atoms. The zero-order valence-electron chi connectivity index (χ0n) is 10.5. The lowest BCUT2D eigenvalue weighted by Crippen LogP contribution is -2.32. The molecule has 0 bridgehead atoms. The molecule has 0 aliphatic heterocycles. The molecule has 4 heteroatoms. The summed E-state index contributed by atoms with van der Waals surface area (Å²) in [4.78, 5) is 11.4. The number of rotatable bonds is 4. The van der Waals surface area contributed by atoms with E-state index in [9.17, 15) is 9.18 Å². The zero-order valence-corrected chi connectivity index (χ0v) is 10.5. The molecule has 0 fully saturated rings. The largest absolute Gasteiger partial charge is 0.492 e. The highest BCUT2D eigenvalue weighted by atomic mass is 19.1. The summed E-state index contributed by atoms with van der Waals surface area (Å²) in [6.45, 7) is 5.41. The van der Waals surface area contributed by atoms with E-state index in [0.717, 1.165) is 0 Å². The van der Waals surface area contributed by atoms with Gasteiger partial charge in [-0.2, -0.15) is 0 Å². The van der Waals surface area contributed by atoms with Gasteiger partial charge in [0.15, 0.2) is 0 Å². The van der Waals surface area contributed by atoms with E-state index in [4.69, 9.17) is 4.74 Å². The molecule has 1 aromatic rings. The number of carbonyl (C=O) groups excluding carboxylic acids is 1. The number of ether oxygens (including phenoxy) is 2. The SMILES string of the molecule is COC(=O)C(C)(C)COc1ccc(F)cc1C. The molecule has 1 rings (SSSR count). The van der Waals surface area contributed by atoms with Crippen molar-refractivity contribution in [1.82, 2.24) is 0 Å². The molecule has 0 aromatic heterocycles. The zero-order chi connectivity index (χ0) is 13.1. The van der Waals surface area contributed by atoms with Crippen LogP contribution in [0, 0.1) is 18.2 Å². The number of halogens is 1. The van der Waals surface area contributed by atoms with Gasteiger partial charge in [0.25, 0.3) is 0 Å². The van der Waals surface area contributed by atoms with E-state index in [2.05, 4.69) is 4.74 Å². The summed E-state index contributed by atoms with van der Waals surface area (Å²) in [5.74, 6) is -0.0669. The van der Waals surface area contributed by atoms with Crippen molar-refractivity contribution in [3.8, 4) is 5.75 Å². The molecule has 0 radical (unpaired) electrons. The predicted molar refractivity (Wildman–Crippen MR) is 62.4 cm³/mol. The monoisotopic (exact) mass is 240 g/mol. The van der Waals surface area contributed by atoms with Crippen molar-refractivity contribution < 1.29 is 18.7 Å². The van der Waals surface area contributed by atoms with Crippen molar-refractivity contribution in [3.05, 3.63) is 29.6 Å². The maximum Gasteiger partial charge on any atom is 0.314 e. The standard InChI is InChI=1S/C13H17FO3/c1-9-7-10(14)5-6-11(9)17-8-13(2,3)12(15)16-4/h5-7H,8H2,1-4H3. The lowest BCUT2D eigenvalue weighted by atomic mass is 9.95. The van der Waals surface area contributed by atoms with Crippen molar-refractivity contribution in [1.29, 1.82) is 0 Å². The lowest BCUT2D eigenvalue weighted by Gasteiger charge is -2.22. The van der Waals surface area contributed by atoms with E-state index in [1.807, 2.05) is 0 Å². The van der Waals surface area contributed by atoms with Gasteiger partial charge >= 0.3 is 5.97 Å². The number of aryl methyl sites for hydroxylation is 1. The minimum Gasteiger partial charge on any atom is -0.492 e. The number of hydrogen-bond acceptors (Lipinski definition) is 3. The predicted octanol–water partition coefficient (Wildman–Crippen LogP) is 2.71. The van der Waals surface area contributed by atoms with Crippen LogP contribution in [0.4, 0.5) is 4.39 Å². The van der Waals surface area contributed by atoms with Gasteiger partial charge < -0.3 is 9.47 Å². The van der Waals surface area contributed by atoms with Crippen LogP contribution in [-0.4, -0.2) is 19.7 Å². The molecule has 1 aromatic carbocycles. The Kier molecular flexibility index (Phi) is 4.10. The maximum atomic E-state index is 12.9. The average Bonchev–Trinajstić information content (AvgIpc) is 2.26. The normalized spacial score (nSPS) is 11.1. The molecule has 0 amide bonds. The fraction of sp³-hybridized carbons (Fsp3) is 0.462. The fourth-order valence-electron chi connectivity index (χ4n) is 1.37. The quantitative estimate of drug-likeness (QED) is 0.759. The smallest absolute Gasteiger partial charge is 0.314 e. The first kappa shape index (κ1) is 13.5. The van der Waals surface area contributed by atoms with Gasteiger partial charge in [0.2, 0.25) is 0 Å². The van der Waals surface area contributed by atoms with E-state index in [1.165, 1.54) is 19.2 Å². The Morgan fingerprint density at radius 2 is 2.06 bits per heavy atom. The summed E-state index contributed by atoms with van der Waals surface area (Å²) in [5.41, 5.74) is -0.0269. The lowest BCUT2D eigenvalue weighted by molar-refractivity contribution is -0.152. The van der Waals surface area contributed by atoms with Gasteiger partial charge in [-0.15, -0.1) is 0 Å². The van der Waals surface area contributed by atoms with Gasteiger partial charge in [0, 0.05) is 0 Å². The van der Waals surface area contributed by atoms with Gasteiger partial charge in [-0.1, -0.05) is 0 Å². The van der Waals surface area contributed by atoms with E-state index in [1.54, 1.807) is 26.8 Å². The van der Waals surface area contributed by atoms with Crippen molar-refractivity contribution >= 4 is 5.97 Å². The summed E-state index contributed by atoms with van der Waals surface area (Å²) in [5, 5.41) is 0. The second-order valence-corrected chi connectivity index (χ2v) is 4.57. The number of benzene rings is 1. The van der Waals surface area contributed by atoms with Crippen LogP contribution in [0.15, 0.2) is 18.2 Å².